The highest BCUT2D eigenvalue weighted by Gasteiger charge is 2.22. The maximum atomic E-state index is 12.3. The zero-order valence-electron chi connectivity index (χ0n) is 10.5. The van der Waals surface area contributed by atoms with Crippen LogP contribution in [0.5, 0.6) is 0 Å². The lowest BCUT2D eigenvalue weighted by Gasteiger charge is -2.08. The summed E-state index contributed by atoms with van der Waals surface area (Å²) in [5.41, 5.74) is 2.84. The molecule has 0 bridgehead atoms. The lowest BCUT2D eigenvalue weighted by atomic mass is 10.2. The van der Waals surface area contributed by atoms with Gasteiger partial charge in [0.1, 0.15) is 5.82 Å². The second-order valence-electron chi connectivity index (χ2n) is 4.56. The molecule has 3 rings (SSSR count). The number of aromatic nitrogens is 3. The van der Waals surface area contributed by atoms with Crippen LogP contribution in [0.4, 0.5) is 5.82 Å². The average Bonchev–Trinajstić information content (AvgIpc) is 2.93. The SMILES string of the molecule is Cn1nc2c(c1NC(=O)c1ccncc1Br)CCC2. The second-order valence-corrected chi connectivity index (χ2v) is 5.41. The summed E-state index contributed by atoms with van der Waals surface area (Å²) in [6.07, 6.45) is 6.31. The van der Waals surface area contributed by atoms with Crippen LogP contribution in [-0.4, -0.2) is 20.7 Å². The van der Waals surface area contributed by atoms with Crippen molar-refractivity contribution in [1.29, 1.82) is 0 Å². The number of amides is 1. The van der Waals surface area contributed by atoms with E-state index in [1.807, 2.05) is 7.05 Å². The number of fused-ring (bicyclic) bond motifs is 1. The Kier molecular flexibility index (Phi) is 3.10. The third-order valence-corrected chi connectivity index (χ3v) is 3.95. The van der Waals surface area contributed by atoms with E-state index in [0.717, 1.165) is 30.8 Å². The minimum absolute atomic E-state index is 0.146. The molecule has 98 valence electrons. The number of rotatable bonds is 2. The first kappa shape index (κ1) is 12.3. The fourth-order valence-electron chi connectivity index (χ4n) is 2.41. The summed E-state index contributed by atoms with van der Waals surface area (Å²) in [6.45, 7) is 0. The van der Waals surface area contributed by atoms with Crippen molar-refractivity contribution in [2.75, 3.05) is 5.32 Å². The molecule has 0 aliphatic heterocycles. The predicted molar refractivity (Wildman–Crippen MR) is 75.1 cm³/mol. The van der Waals surface area contributed by atoms with Gasteiger partial charge in [0.05, 0.1) is 11.3 Å². The molecule has 1 N–H and O–H groups in total. The number of hydrogen-bond donors (Lipinski definition) is 1. The number of halogens is 1. The van der Waals surface area contributed by atoms with Gasteiger partial charge in [-0.15, -0.1) is 0 Å². The van der Waals surface area contributed by atoms with Gasteiger partial charge in [-0.2, -0.15) is 5.10 Å². The van der Waals surface area contributed by atoms with Crippen LogP contribution < -0.4 is 5.32 Å². The summed E-state index contributed by atoms with van der Waals surface area (Å²) in [5, 5.41) is 7.39. The van der Waals surface area contributed by atoms with Crippen LogP contribution in [0.3, 0.4) is 0 Å². The number of pyridine rings is 1. The molecule has 1 amide bonds. The topological polar surface area (TPSA) is 59.8 Å². The number of aryl methyl sites for hydroxylation is 2. The van der Waals surface area contributed by atoms with E-state index in [-0.39, 0.29) is 5.91 Å². The lowest BCUT2D eigenvalue weighted by Crippen LogP contribution is -2.16. The Morgan fingerprint density at radius 2 is 2.32 bits per heavy atom. The predicted octanol–water partition coefficient (Wildman–Crippen LogP) is 2.32. The fraction of sp³-hybridized carbons (Fsp3) is 0.308. The van der Waals surface area contributed by atoms with E-state index in [4.69, 9.17) is 0 Å². The van der Waals surface area contributed by atoms with Crippen molar-refractivity contribution in [3.63, 3.8) is 0 Å². The Labute approximate surface area is 119 Å². The highest BCUT2D eigenvalue weighted by molar-refractivity contribution is 9.10. The molecular weight excluding hydrogens is 308 g/mol. The van der Waals surface area contributed by atoms with Crippen LogP contribution in [0.2, 0.25) is 0 Å². The first-order chi connectivity index (χ1) is 9.16. The van der Waals surface area contributed by atoms with Crippen LogP contribution in [-0.2, 0) is 19.9 Å². The number of hydrogen-bond acceptors (Lipinski definition) is 3. The molecule has 1 aliphatic rings. The molecule has 2 aromatic rings. The Hall–Kier alpha value is -1.69. The minimum Gasteiger partial charge on any atom is -0.307 e. The second kappa shape index (κ2) is 4.77. The zero-order valence-corrected chi connectivity index (χ0v) is 12.1. The normalized spacial score (nSPS) is 13.4. The van der Waals surface area contributed by atoms with Gasteiger partial charge in [-0.3, -0.25) is 14.5 Å². The van der Waals surface area contributed by atoms with Crippen LogP contribution in [0.1, 0.15) is 28.0 Å². The van der Waals surface area contributed by atoms with Crippen molar-refractivity contribution in [1.82, 2.24) is 14.8 Å². The first-order valence-corrected chi connectivity index (χ1v) is 6.91. The molecule has 0 atom stereocenters. The van der Waals surface area contributed by atoms with Crippen molar-refractivity contribution >= 4 is 27.7 Å². The van der Waals surface area contributed by atoms with Gasteiger partial charge in [0.2, 0.25) is 0 Å². The maximum absolute atomic E-state index is 12.3. The maximum Gasteiger partial charge on any atom is 0.258 e. The highest BCUT2D eigenvalue weighted by atomic mass is 79.9. The van der Waals surface area contributed by atoms with Crippen molar-refractivity contribution in [2.24, 2.45) is 7.05 Å². The van der Waals surface area contributed by atoms with E-state index >= 15 is 0 Å². The Bertz CT molecular complexity index is 650. The Morgan fingerprint density at radius 1 is 1.47 bits per heavy atom. The number of anilines is 1. The molecule has 6 heteroatoms. The summed E-state index contributed by atoms with van der Waals surface area (Å²) in [4.78, 5) is 16.2. The van der Waals surface area contributed by atoms with Crippen molar-refractivity contribution in [3.05, 3.63) is 39.8 Å². The molecule has 0 aromatic carbocycles. The van der Waals surface area contributed by atoms with E-state index in [2.05, 4.69) is 31.3 Å². The van der Waals surface area contributed by atoms with Crippen LogP contribution in [0.25, 0.3) is 0 Å². The lowest BCUT2D eigenvalue weighted by molar-refractivity contribution is 0.102. The van der Waals surface area contributed by atoms with E-state index in [1.165, 1.54) is 5.56 Å². The summed E-state index contributed by atoms with van der Waals surface area (Å²) >= 11 is 3.34. The smallest absolute Gasteiger partial charge is 0.258 e. The largest absolute Gasteiger partial charge is 0.307 e. The fourth-order valence-corrected chi connectivity index (χ4v) is 2.84. The monoisotopic (exact) mass is 320 g/mol. The van der Waals surface area contributed by atoms with Crippen molar-refractivity contribution in [2.45, 2.75) is 19.3 Å². The molecule has 0 radical (unpaired) electrons. The molecule has 0 saturated carbocycles. The third-order valence-electron chi connectivity index (χ3n) is 3.32. The van der Waals surface area contributed by atoms with Gasteiger partial charge in [-0.1, -0.05) is 0 Å². The molecule has 1 aliphatic carbocycles. The summed E-state index contributed by atoms with van der Waals surface area (Å²) in [5.74, 6) is 0.660. The molecule has 0 fully saturated rings. The zero-order chi connectivity index (χ0) is 13.4. The van der Waals surface area contributed by atoms with Crippen LogP contribution >= 0.6 is 15.9 Å². The number of carbonyl (C=O) groups is 1. The Balaban J connectivity index is 1.90. The average molecular weight is 321 g/mol. The van der Waals surface area contributed by atoms with Gasteiger partial charge in [-0.25, -0.2) is 0 Å². The van der Waals surface area contributed by atoms with Gasteiger partial charge in [0.15, 0.2) is 0 Å². The third kappa shape index (κ3) is 2.16. The Morgan fingerprint density at radius 3 is 3.11 bits per heavy atom. The number of nitrogens with one attached hydrogen (secondary N) is 1. The van der Waals surface area contributed by atoms with Gasteiger partial charge in [0.25, 0.3) is 5.91 Å². The number of carbonyl (C=O) groups excluding carboxylic acids is 1. The van der Waals surface area contributed by atoms with E-state index in [0.29, 0.717) is 10.0 Å². The molecule has 0 saturated heterocycles. The molecule has 2 aromatic heterocycles. The summed E-state index contributed by atoms with van der Waals surface area (Å²) in [6, 6.07) is 1.69. The molecule has 19 heavy (non-hydrogen) atoms. The highest BCUT2D eigenvalue weighted by Crippen LogP contribution is 2.28. The quantitative estimate of drug-likeness (QED) is 0.923. The standard InChI is InChI=1S/C13H13BrN4O/c1-18-12(9-3-2-4-11(9)17-18)16-13(19)8-5-6-15-7-10(8)14/h5-7H,2-4H2,1H3,(H,16,19). The van der Waals surface area contributed by atoms with E-state index < -0.39 is 0 Å². The van der Waals surface area contributed by atoms with Gasteiger partial charge in [0, 0.05) is 29.5 Å². The molecule has 5 nitrogen and oxygen atoms in total. The van der Waals surface area contributed by atoms with Crippen molar-refractivity contribution < 1.29 is 4.79 Å². The summed E-state index contributed by atoms with van der Waals surface area (Å²) in [7, 11) is 1.86. The van der Waals surface area contributed by atoms with Gasteiger partial charge in [-0.05, 0) is 41.3 Å². The van der Waals surface area contributed by atoms with E-state index in [9.17, 15) is 4.79 Å². The van der Waals surface area contributed by atoms with Gasteiger partial charge >= 0.3 is 0 Å². The van der Waals surface area contributed by atoms with E-state index in [1.54, 1.807) is 23.1 Å². The molecule has 2 heterocycles. The first-order valence-electron chi connectivity index (χ1n) is 6.12. The van der Waals surface area contributed by atoms with Crippen LogP contribution in [0.15, 0.2) is 22.9 Å². The van der Waals surface area contributed by atoms with Crippen molar-refractivity contribution in [3.8, 4) is 0 Å². The molecular formula is C13H13BrN4O. The minimum atomic E-state index is -0.146. The van der Waals surface area contributed by atoms with Gasteiger partial charge < -0.3 is 5.32 Å². The molecule has 0 spiro atoms. The molecule has 0 unspecified atom stereocenters. The van der Waals surface area contributed by atoms with Crippen LogP contribution in [0, 0.1) is 0 Å². The summed E-state index contributed by atoms with van der Waals surface area (Å²) < 4.78 is 2.43. The number of nitrogens with zero attached hydrogens (tertiary/aromatic N) is 3.